The molecule has 27 heavy (non-hydrogen) atoms. The van der Waals surface area contributed by atoms with E-state index in [-0.39, 0.29) is 11.8 Å². The van der Waals surface area contributed by atoms with Crippen LogP contribution in [0.15, 0.2) is 73.1 Å². The molecule has 0 aliphatic rings. The van der Waals surface area contributed by atoms with Crippen LogP contribution in [0.25, 0.3) is 0 Å². The first-order valence-electron chi connectivity index (χ1n) is 8.83. The van der Waals surface area contributed by atoms with Crippen LogP contribution in [-0.4, -0.2) is 16.8 Å². The molecular formula is C22H21N3O2. The number of nitrogens with zero attached hydrogens (tertiary/aromatic N) is 1. The SMILES string of the molecule is CCc1ccc(NC(=O)c2cncc(C(=O)NCc3ccccc3)c2)cc1. The van der Waals surface area contributed by atoms with Gasteiger partial charge in [-0.1, -0.05) is 49.4 Å². The number of anilines is 1. The number of pyridine rings is 1. The third-order valence-electron chi connectivity index (χ3n) is 4.18. The molecule has 0 saturated heterocycles. The maximum atomic E-state index is 12.4. The van der Waals surface area contributed by atoms with E-state index >= 15 is 0 Å². The van der Waals surface area contributed by atoms with Crippen LogP contribution >= 0.6 is 0 Å². The zero-order chi connectivity index (χ0) is 19.1. The number of carbonyl (C=O) groups excluding carboxylic acids is 2. The smallest absolute Gasteiger partial charge is 0.257 e. The van der Waals surface area contributed by atoms with Gasteiger partial charge in [-0.05, 0) is 35.7 Å². The molecule has 0 atom stereocenters. The fourth-order valence-electron chi connectivity index (χ4n) is 2.60. The van der Waals surface area contributed by atoms with E-state index in [1.54, 1.807) is 6.07 Å². The molecule has 0 radical (unpaired) electrons. The summed E-state index contributed by atoms with van der Waals surface area (Å²) in [6.07, 6.45) is 3.84. The van der Waals surface area contributed by atoms with Gasteiger partial charge < -0.3 is 10.6 Å². The maximum absolute atomic E-state index is 12.4. The summed E-state index contributed by atoms with van der Waals surface area (Å²) in [5.74, 6) is -0.572. The summed E-state index contributed by atoms with van der Waals surface area (Å²) in [6, 6.07) is 18.8. The van der Waals surface area contributed by atoms with Crippen LogP contribution in [0, 0.1) is 0 Å². The van der Waals surface area contributed by atoms with Gasteiger partial charge in [-0.15, -0.1) is 0 Å². The van der Waals surface area contributed by atoms with Crippen LogP contribution in [0.5, 0.6) is 0 Å². The molecule has 5 heteroatoms. The van der Waals surface area contributed by atoms with E-state index in [0.29, 0.717) is 23.4 Å². The number of carbonyl (C=O) groups is 2. The van der Waals surface area contributed by atoms with Gasteiger partial charge >= 0.3 is 0 Å². The molecule has 3 aromatic rings. The Morgan fingerprint density at radius 3 is 2.19 bits per heavy atom. The third-order valence-corrected chi connectivity index (χ3v) is 4.18. The molecule has 1 aromatic heterocycles. The summed E-state index contributed by atoms with van der Waals surface area (Å²) >= 11 is 0. The molecule has 0 unspecified atom stereocenters. The second-order valence-electron chi connectivity index (χ2n) is 6.14. The number of aryl methyl sites for hydroxylation is 1. The maximum Gasteiger partial charge on any atom is 0.257 e. The minimum Gasteiger partial charge on any atom is -0.348 e. The zero-order valence-corrected chi connectivity index (χ0v) is 15.1. The molecule has 5 nitrogen and oxygen atoms in total. The van der Waals surface area contributed by atoms with Gasteiger partial charge in [0.1, 0.15) is 0 Å². The van der Waals surface area contributed by atoms with Crippen molar-refractivity contribution in [1.29, 1.82) is 0 Å². The Hall–Kier alpha value is -3.47. The van der Waals surface area contributed by atoms with Crippen molar-refractivity contribution < 1.29 is 9.59 Å². The van der Waals surface area contributed by atoms with Gasteiger partial charge in [0.2, 0.25) is 0 Å². The van der Waals surface area contributed by atoms with Crippen LogP contribution in [0.3, 0.4) is 0 Å². The van der Waals surface area contributed by atoms with Crippen LogP contribution in [-0.2, 0) is 13.0 Å². The highest BCUT2D eigenvalue weighted by atomic mass is 16.2. The van der Waals surface area contributed by atoms with E-state index in [1.165, 1.54) is 18.0 Å². The van der Waals surface area contributed by atoms with Crippen LogP contribution in [0.2, 0.25) is 0 Å². The minimum absolute atomic E-state index is 0.270. The largest absolute Gasteiger partial charge is 0.348 e. The molecule has 0 aliphatic carbocycles. The van der Waals surface area contributed by atoms with Gasteiger partial charge in [0.15, 0.2) is 0 Å². The van der Waals surface area contributed by atoms with E-state index in [9.17, 15) is 9.59 Å². The first-order valence-corrected chi connectivity index (χ1v) is 8.83. The monoisotopic (exact) mass is 359 g/mol. The van der Waals surface area contributed by atoms with Crippen molar-refractivity contribution in [2.45, 2.75) is 19.9 Å². The van der Waals surface area contributed by atoms with Crippen molar-refractivity contribution in [3.05, 3.63) is 95.3 Å². The molecular weight excluding hydrogens is 338 g/mol. The molecule has 136 valence electrons. The molecule has 0 fully saturated rings. The Labute approximate surface area is 158 Å². The predicted molar refractivity (Wildman–Crippen MR) is 106 cm³/mol. The van der Waals surface area contributed by atoms with Gasteiger partial charge in [-0.2, -0.15) is 0 Å². The van der Waals surface area contributed by atoms with E-state index in [1.807, 2.05) is 54.6 Å². The standard InChI is InChI=1S/C22H21N3O2/c1-2-16-8-10-20(11-9-16)25-22(27)19-12-18(14-23-15-19)21(26)24-13-17-6-4-3-5-7-17/h3-12,14-15H,2,13H2,1H3,(H,24,26)(H,25,27). The lowest BCUT2D eigenvalue weighted by Gasteiger charge is -2.08. The molecule has 2 aromatic carbocycles. The molecule has 3 rings (SSSR count). The number of hydrogen-bond acceptors (Lipinski definition) is 3. The second kappa shape index (κ2) is 8.76. The number of benzene rings is 2. The summed E-state index contributed by atoms with van der Waals surface area (Å²) in [5, 5.41) is 5.66. The number of aromatic nitrogens is 1. The van der Waals surface area contributed by atoms with Crippen molar-refractivity contribution in [3.63, 3.8) is 0 Å². The average Bonchev–Trinajstić information content (AvgIpc) is 2.73. The van der Waals surface area contributed by atoms with Crippen molar-refractivity contribution in [2.75, 3.05) is 5.32 Å². The van der Waals surface area contributed by atoms with Gasteiger partial charge in [0.05, 0.1) is 11.1 Å². The Morgan fingerprint density at radius 2 is 1.52 bits per heavy atom. The van der Waals surface area contributed by atoms with Crippen molar-refractivity contribution in [1.82, 2.24) is 10.3 Å². The lowest BCUT2D eigenvalue weighted by atomic mass is 10.1. The number of rotatable bonds is 6. The van der Waals surface area contributed by atoms with E-state index in [0.717, 1.165) is 12.0 Å². The average molecular weight is 359 g/mol. The van der Waals surface area contributed by atoms with Gasteiger partial charge in [-0.25, -0.2) is 0 Å². The molecule has 0 saturated carbocycles. The van der Waals surface area contributed by atoms with E-state index in [4.69, 9.17) is 0 Å². The van der Waals surface area contributed by atoms with Crippen LogP contribution in [0.1, 0.15) is 38.8 Å². The fraction of sp³-hybridized carbons (Fsp3) is 0.136. The van der Waals surface area contributed by atoms with E-state index in [2.05, 4.69) is 22.5 Å². The van der Waals surface area contributed by atoms with Crippen molar-refractivity contribution >= 4 is 17.5 Å². The topological polar surface area (TPSA) is 71.1 Å². The summed E-state index contributed by atoms with van der Waals surface area (Å²) in [7, 11) is 0. The zero-order valence-electron chi connectivity index (χ0n) is 15.1. The minimum atomic E-state index is -0.301. The first kappa shape index (κ1) is 18.3. The van der Waals surface area contributed by atoms with Crippen molar-refractivity contribution in [3.8, 4) is 0 Å². The molecule has 2 amide bonds. The highest BCUT2D eigenvalue weighted by molar-refractivity contribution is 6.05. The second-order valence-corrected chi connectivity index (χ2v) is 6.14. The normalized spacial score (nSPS) is 10.3. The number of hydrogen-bond donors (Lipinski definition) is 2. The first-order chi connectivity index (χ1) is 13.2. The molecule has 2 N–H and O–H groups in total. The van der Waals surface area contributed by atoms with Gasteiger partial charge in [0.25, 0.3) is 11.8 Å². The van der Waals surface area contributed by atoms with Crippen LogP contribution in [0.4, 0.5) is 5.69 Å². The summed E-state index contributed by atoms with van der Waals surface area (Å²) in [4.78, 5) is 28.8. The lowest BCUT2D eigenvalue weighted by Crippen LogP contribution is -2.23. The third kappa shape index (κ3) is 5.01. The molecule has 0 spiro atoms. The fourth-order valence-corrected chi connectivity index (χ4v) is 2.60. The Morgan fingerprint density at radius 1 is 0.852 bits per heavy atom. The van der Waals surface area contributed by atoms with Gasteiger partial charge in [-0.3, -0.25) is 14.6 Å². The summed E-state index contributed by atoms with van der Waals surface area (Å²) in [6.45, 7) is 2.49. The lowest BCUT2D eigenvalue weighted by molar-refractivity contribution is 0.0950. The molecule has 0 bridgehead atoms. The summed E-state index contributed by atoms with van der Waals surface area (Å²) in [5.41, 5.74) is 3.59. The Kier molecular flexibility index (Phi) is 5.94. The van der Waals surface area contributed by atoms with Gasteiger partial charge in [0, 0.05) is 24.6 Å². The number of nitrogens with one attached hydrogen (secondary N) is 2. The van der Waals surface area contributed by atoms with Crippen molar-refractivity contribution in [2.24, 2.45) is 0 Å². The molecule has 0 aliphatic heterocycles. The predicted octanol–water partition coefficient (Wildman–Crippen LogP) is 3.83. The Bertz CT molecular complexity index is 922. The summed E-state index contributed by atoms with van der Waals surface area (Å²) < 4.78 is 0. The highest BCUT2D eigenvalue weighted by Gasteiger charge is 2.11. The number of amides is 2. The Balaban J connectivity index is 1.64. The molecule has 1 heterocycles. The quantitative estimate of drug-likeness (QED) is 0.703. The van der Waals surface area contributed by atoms with E-state index < -0.39 is 0 Å². The van der Waals surface area contributed by atoms with Crippen LogP contribution < -0.4 is 10.6 Å². The highest BCUT2D eigenvalue weighted by Crippen LogP contribution is 2.12.